The second kappa shape index (κ2) is 6.20. The van der Waals surface area contributed by atoms with Crippen molar-refractivity contribution in [3.8, 4) is 0 Å². The highest BCUT2D eigenvalue weighted by Gasteiger charge is 2.49. The summed E-state index contributed by atoms with van der Waals surface area (Å²) in [5.74, 6) is -0.783. The SMILES string of the molecule is CC1(CC(=O)O)C2=C3C=c4cc5c(cc4NC3CCN2c2ccccc21)=CC(=O)C=C5. The molecule has 154 valence electrons. The number of rotatable bonds is 2. The Kier molecular flexibility index (Phi) is 3.64. The zero-order valence-electron chi connectivity index (χ0n) is 17.2. The fourth-order valence-electron chi connectivity index (χ4n) is 5.70. The van der Waals surface area contributed by atoms with Gasteiger partial charge in [-0.25, -0.2) is 0 Å². The minimum atomic E-state index is -0.794. The second-order valence-electron chi connectivity index (χ2n) is 8.95. The van der Waals surface area contributed by atoms with Crippen molar-refractivity contribution in [1.82, 2.24) is 0 Å². The summed E-state index contributed by atoms with van der Waals surface area (Å²) in [4.78, 5) is 26.0. The zero-order valence-corrected chi connectivity index (χ0v) is 17.2. The monoisotopic (exact) mass is 410 g/mol. The molecular formula is C26H22N2O3. The molecule has 3 heterocycles. The van der Waals surface area contributed by atoms with E-state index in [1.54, 1.807) is 12.2 Å². The predicted octanol–water partition coefficient (Wildman–Crippen LogP) is 2.55. The van der Waals surface area contributed by atoms with E-state index in [9.17, 15) is 14.7 Å². The fraction of sp³-hybridized carbons (Fsp3) is 0.231. The first kappa shape index (κ1) is 18.2. The minimum absolute atomic E-state index is 0.0107. The first-order valence-electron chi connectivity index (χ1n) is 10.6. The van der Waals surface area contributed by atoms with E-state index in [1.165, 1.54) is 5.57 Å². The number of carboxylic acid groups (broad SMARTS) is 1. The van der Waals surface area contributed by atoms with Crippen molar-refractivity contribution in [3.63, 3.8) is 0 Å². The Hall–Kier alpha value is -3.60. The van der Waals surface area contributed by atoms with Gasteiger partial charge in [-0.3, -0.25) is 9.59 Å². The summed E-state index contributed by atoms with van der Waals surface area (Å²) in [6, 6.07) is 12.5. The van der Waals surface area contributed by atoms with Crippen LogP contribution in [0.4, 0.5) is 11.4 Å². The van der Waals surface area contributed by atoms with Crippen molar-refractivity contribution in [2.45, 2.75) is 31.2 Å². The van der Waals surface area contributed by atoms with E-state index < -0.39 is 11.4 Å². The van der Waals surface area contributed by atoms with Gasteiger partial charge in [-0.05, 0) is 76.9 Å². The number of nitrogens with zero attached hydrogens (tertiary/aromatic N) is 1. The molecule has 0 spiro atoms. The summed E-state index contributed by atoms with van der Waals surface area (Å²) in [6.45, 7) is 2.90. The Bertz CT molecular complexity index is 1370. The summed E-state index contributed by atoms with van der Waals surface area (Å²) in [5, 5.41) is 15.4. The number of allylic oxidation sites excluding steroid dienone is 2. The highest BCUT2D eigenvalue weighted by atomic mass is 16.4. The van der Waals surface area contributed by atoms with Crippen molar-refractivity contribution < 1.29 is 14.7 Å². The molecule has 2 atom stereocenters. The minimum Gasteiger partial charge on any atom is -0.481 e. The molecule has 2 aromatic rings. The van der Waals surface area contributed by atoms with Crippen LogP contribution < -0.4 is 20.7 Å². The van der Waals surface area contributed by atoms with Gasteiger partial charge in [-0.15, -0.1) is 0 Å². The maximum absolute atomic E-state index is 11.9. The van der Waals surface area contributed by atoms with Crippen LogP contribution in [0.3, 0.4) is 0 Å². The lowest BCUT2D eigenvalue weighted by Gasteiger charge is -2.40. The van der Waals surface area contributed by atoms with Gasteiger partial charge in [0.2, 0.25) is 0 Å². The van der Waals surface area contributed by atoms with E-state index in [-0.39, 0.29) is 18.2 Å². The van der Waals surface area contributed by atoms with Crippen LogP contribution in [0.5, 0.6) is 0 Å². The number of ketones is 1. The van der Waals surface area contributed by atoms with E-state index in [2.05, 4.69) is 47.5 Å². The average Bonchev–Trinajstić information content (AvgIpc) is 2.99. The molecular weight excluding hydrogens is 388 g/mol. The van der Waals surface area contributed by atoms with Crippen molar-refractivity contribution in [1.29, 1.82) is 0 Å². The van der Waals surface area contributed by atoms with Crippen LogP contribution in [-0.4, -0.2) is 29.4 Å². The summed E-state index contributed by atoms with van der Waals surface area (Å²) in [7, 11) is 0. The molecule has 0 radical (unpaired) electrons. The molecule has 2 unspecified atom stereocenters. The fourth-order valence-corrected chi connectivity index (χ4v) is 5.70. The van der Waals surface area contributed by atoms with Crippen molar-refractivity contribution in [3.05, 3.63) is 75.3 Å². The number of carbonyl (C=O) groups is 2. The normalized spacial score (nSPS) is 24.7. The molecule has 0 bridgehead atoms. The molecule has 6 rings (SSSR count). The molecule has 3 aliphatic heterocycles. The maximum Gasteiger partial charge on any atom is 0.304 e. The van der Waals surface area contributed by atoms with Crippen LogP contribution in [-0.2, 0) is 15.0 Å². The van der Waals surface area contributed by atoms with Crippen LogP contribution in [0, 0.1) is 0 Å². The van der Waals surface area contributed by atoms with E-state index in [0.717, 1.165) is 51.6 Å². The smallest absolute Gasteiger partial charge is 0.304 e. The number of hydrogen-bond donors (Lipinski definition) is 2. The summed E-state index contributed by atoms with van der Waals surface area (Å²) in [6.07, 6.45) is 8.32. The van der Waals surface area contributed by atoms with Gasteiger partial charge in [0.05, 0.1) is 12.5 Å². The van der Waals surface area contributed by atoms with Crippen LogP contribution in [0.2, 0.25) is 0 Å². The summed E-state index contributed by atoms with van der Waals surface area (Å²) >= 11 is 0. The quantitative estimate of drug-likeness (QED) is 0.796. The molecule has 0 saturated carbocycles. The molecule has 5 heteroatoms. The Balaban J connectivity index is 1.61. The van der Waals surface area contributed by atoms with Crippen LogP contribution in [0.25, 0.3) is 18.2 Å². The highest BCUT2D eigenvalue weighted by Crippen LogP contribution is 2.53. The van der Waals surface area contributed by atoms with Gasteiger partial charge in [0.25, 0.3) is 0 Å². The zero-order chi connectivity index (χ0) is 21.3. The van der Waals surface area contributed by atoms with Gasteiger partial charge in [-0.2, -0.15) is 0 Å². The Morgan fingerprint density at radius 1 is 1.19 bits per heavy atom. The third-order valence-corrected chi connectivity index (χ3v) is 7.00. The Morgan fingerprint density at radius 3 is 2.87 bits per heavy atom. The van der Waals surface area contributed by atoms with Gasteiger partial charge in [0.1, 0.15) is 0 Å². The summed E-state index contributed by atoms with van der Waals surface area (Å²) < 4.78 is 0. The summed E-state index contributed by atoms with van der Waals surface area (Å²) in [5.41, 5.74) is 5.93. The molecule has 0 fully saturated rings. The number of aliphatic carboxylic acids is 1. The van der Waals surface area contributed by atoms with Crippen molar-refractivity contribution >= 4 is 41.4 Å². The third-order valence-electron chi connectivity index (χ3n) is 7.00. The predicted molar refractivity (Wildman–Crippen MR) is 121 cm³/mol. The van der Waals surface area contributed by atoms with Crippen molar-refractivity contribution in [2.24, 2.45) is 0 Å². The van der Waals surface area contributed by atoms with Gasteiger partial charge >= 0.3 is 5.97 Å². The van der Waals surface area contributed by atoms with Gasteiger partial charge in [-0.1, -0.05) is 24.3 Å². The number of benzene rings is 2. The maximum atomic E-state index is 11.9. The molecule has 1 aliphatic carbocycles. The van der Waals surface area contributed by atoms with E-state index in [0.29, 0.717) is 0 Å². The van der Waals surface area contributed by atoms with Crippen LogP contribution >= 0.6 is 0 Å². The number of carbonyl (C=O) groups excluding carboxylic acids is 1. The molecule has 31 heavy (non-hydrogen) atoms. The lowest BCUT2D eigenvalue weighted by atomic mass is 9.75. The van der Waals surface area contributed by atoms with Gasteiger partial charge in [0, 0.05) is 29.0 Å². The Labute approximate surface area is 179 Å². The molecule has 4 aliphatic rings. The van der Waals surface area contributed by atoms with Gasteiger partial charge < -0.3 is 15.3 Å². The van der Waals surface area contributed by atoms with Crippen LogP contribution in [0.1, 0.15) is 30.9 Å². The molecule has 2 N–H and O–H groups in total. The first-order chi connectivity index (χ1) is 14.9. The average molecular weight is 410 g/mol. The van der Waals surface area contributed by atoms with E-state index >= 15 is 0 Å². The Morgan fingerprint density at radius 2 is 2.03 bits per heavy atom. The molecule has 0 amide bonds. The van der Waals surface area contributed by atoms with Crippen molar-refractivity contribution in [2.75, 3.05) is 16.8 Å². The molecule has 2 aromatic carbocycles. The van der Waals surface area contributed by atoms with E-state index in [1.807, 2.05) is 18.2 Å². The first-order valence-corrected chi connectivity index (χ1v) is 10.6. The number of para-hydroxylation sites is 1. The third kappa shape index (κ3) is 2.56. The lowest BCUT2D eigenvalue weighted by molar-refractivity contribution is -0.138. The standard InChI is InChI=1S/C26H22N2O3/c1-26(14-24(30)31)20-4-2-3-5-23(20)28-9-8-21-19(25(26)28)12-17-10-15-6-7-18(29)11-16(15)13-22(17)27-21/h2-7,10-13,21,27H,8-9,14H2,1H3,(H,30,31). The largest absolute Gasteiger partial charge is 0.481 e. The highest BCUT2D eigenvalue weighted by molar-refractivity contribution is 6.16. The molecule has 5 nitrogen and oxygen atoms in total. The van der Waals surface area contributed by atoms with Crippen LogP contribution in [0.15, 0.2) is 53.7 Å². The van der Waals surface area contributed by atoms with Gasteiger partial charge in [0.15, 0.2) is 5.78 Å². The number of nitrogens with one attached hydrogen (secondary N) is 1. The topological polar surface area (TPSA) is 69.6 Å². The number of carboxylic acids is 1. The molecule has 0 aromatic heterocycles. The number of fused-ring (bicyclic) bond motifs is 6. The number of anilines is 2. The van der Waals surface area contributed by atoms with E-state index in [4.69, 9.17) is 0 Å². The molecule has 0 saturated heterocycles. The second-order valence-corrected chi connectivity index (χ2v) is 8.95. The lowest BCUT2D eigenvalue weighted by Crippen LogP contribution is -2.44. The number of hydrogen-bond acceptors (Lipinski definition) is 4.